The highest BCUT2D eigenvalue weighted by molar-refractivity contribution is 7.12. The Morgan fingerprint density at radius 3 is 2.74 bits per heavy atom. The van der Waals surface area contributed by atoms with Crippen molar-refractivity contribution in [1.82, 2.24) is 14.9 Å². The van der Waals surface area contributed by atoms with Crippen LogP contribution in [0.3, 0.4) is 0 Å². The summed E-state index contributed by atoms with van der Waals surface area (Å²) < 4.78 is 16.4. The molecule has 31 heavy (non-hydrogen) atoms. The molecule has 1 N–H and O–H groups in total. The van der Waals surface area contributed by atoms with E-state index in [4.69, 9.17) is 16.6 Å². The minimum atomic E-state index is -0.308. The monoisotopic (exact) mass is 455 g/mol. The van der Waals surface area contributed by atoms with Crippen LogP contribution in [0.15, 0.2) is 60.0 Å². The second kappa shape index (κ2) is 10.1. The van der Waals surface area contributed by atoms with Crippen LogP contribution in [-0.2, 0) is 13.0 Å². The number of para-hydroxylation sites is 2. The minimum absolute atomic E-state index is 0.0152. The number of hydrogen-bond donors (Lipinski definition) is 1. The number of unbranched alkanes of at least 4 members (excludes halogenated alkanes) is 2. The molecule has 4 aromatic rings. The first kappa shape index (κ1) is 21.5. The zero-order valence-electron chi connectivity index (χ0n) is 17.0. The van der Waals surface area contributed by atoms with Crippen molar-refractivity contribution in [1.29, 1.82) is 0 Å². The van der Waals surface area contributed by atoms with Crippen molar-refractivity contribution < 1.29 is 9.18 Å². The zero-order valence-corrected chi connectivity index (χ0v) is 18.6. The van der Waals surface area contributed by atoms with Gasteiger partial charge in [0.05, 0.1) is 22.5 Å². The van der Waals surface area contributed by atoms with Crippen LogP contribution in [0.2, 0.25) is 5.02 Å². The number of aryl methyl sites for hydroxylation is 1. The Kier molecular flexibility index (Phi) is 6.99. The van der Waals surface area contributed by atoms with Crippen molar-refractivity contribution >= 4 is 39.9 Å². The van der Waals surface area contributed by atoms with E-state index in [-0.39, 0.29) is 11.7 Å². The Morgan fingerprint density at radius 2 is 1.94 bits per heavy atom. The summed E-state index contributed by atoms with van der Waals surface area (Å²) in [6.07, 6.45) is 3.58. The average molecular weight is 456 g/mol. The van der Waals surface area contributed by atoms with Gasteiger partial charge in [-0.3, -0.25) is 4.79 Å². The first-order valence-corrected chi connectivity index (χ1v) is 11.6. The second-order valence-corrected chi connectivity index (χ2v) is 8.70. The predicted octanol–water partition coefficient (Wildman–Crippen LogP) is 6.08. The molecule has 2 aromatic carbocycles. The molecule has 0 atom stereocenters. The van der Waals surface area contributed by atoms with Gasteiger partial charge in [0.25, 0.3) is 5.91 Å². The highest BCUT2D eigenvalue weighted by atomic mass is 35.5. The van der Waals surface area contributed by atoms with Gasteiger partial charge >= 0.3 is 0 Å². The van der Waals surface area contributed by atoms with E-state index in [0.29, 0.717) is 23.7 Å². The average Bonchev–Trinajstić information content (AvgIpc) is 3.42. The fourth-order valence-corrected chi connectivity index (χ4v) is 4.48. The van der Waals surface area contributed by atoms with Crippen LogP contribution in [0.25, 0.3) is 11.0 Å². The maximum Gasteiger partial charge on any atom is 0.261 e. The van der Waals surface area contributed by atoms with Gasteiger partial charge in [0.1, 0.15) is 11.6 Å². The summed E-state index contributed by atoms with van der Waals surface area (Å²) in [5, 5.41) is 5.28. The largest absolute Gasteiger partial charge is 0.351 e. The number of amides is 1. The Bertz CT molecular complexity index is 1150. The highest BCUT2D eigenvalue weighted by Gasteiger charge is 2.14. The van der Waals surface area contributed by atoms with Gasteiger partial charge in [0, 0.05) is 23.6 Å². The predicted molar refractivity (Wildman–Crippen MR) is 124 cm³/mol. The van der Waals surface area contributed by atoms with Gasteiger partial charge in [-0.25, -0.2) is 9.37 Å². The van der Waals surface area contributed by atoms with Crippen LogP contribution in [0.5, 0.6) is 0 Å². The Labute approximate surface area is 189 Å². The summed E-state index contributed by atoms with van der Waals surface area (Å²) in [5.41, 5.74) is 2.35. The molecule has 0 saturated carbocycles. The first-order valence-electron chi connectivity index (χ1n) is 10.3. The van der Waals surface area contributed by atoms with Crippen molar-refractivity contribution in [2.75, 3.05) is 6.54 Å². The van der Waals surface area contributed by atoms with E-state index in [1.807, 2.05) is 41.8 Å². The second-order valence-electron chi connectivity index (χ2n) is 7.35. The summed E-state index contributed by atoms with van der Waals surface area (Å²) in [7, 11) is 0. The van der Waals surface area contributed by atoms with E-state index in [1.54, 1.807) is 12.1 Å². The molecule has 2 heterocycles. The van der Waals surface area contributed by atoms with Crippen LogP contribution >= 0.6 is 22.9 Å². The van der Waals surface area contributed by atoms with Crippen LogP contribution in [0.4, 0.5) is 4.39 Å². The third-order valence-electron chi connectivity index (χ3n) is 5.22. The molecule has 0 bridgehead atoms. The van der Waals surface area contributed by atoms with E-state index < -0.39 is 0 Å². The molecule has 7 heteroatoms. The van der Waals surface area contributed by atoms with Gasteiger partial charge in [-0.05, 0) is 48.6 Å². The summed E-state index contributed by atoms with van der Waals surface area (Å²) >= 11 is 7.71. The molecule has 0 saturated heterocycles. The number of imidazole rings is 1. The lowest BCUT2D eigenvalue weighted by Gasteiger charge is -2.12. The molecular formula is C24H23ClFN3OS. The van der Waals surface area contributed by atoms with Crippen molar-refractivity contribution in [3.05, 3.63) is 87.1 Å². The van der Waals surface area contributed by atoms with E-state index in [0.717, 1.165) is 47.4 Å². The Hall–Kier alpha value is -2.70. The zero-order chi connectivity index (χ0) is 21.6. The quantitative estimate of drug-likeness (QED) is 0.311. The van der Waals surface area contributed by atoms with Crippen molar-refractivity contribution in [3.63, 3.8) is 0 Å². The summed E-state index contributed by atoms with van der Waals surface area (Å²) in [4.78, 5) is 17.5. The van der Waals surface area contributed by atoms with Gasteiger partial charge in [0.2, 0.25) is 0 Å². The number of fused-ring (bicyclic) bond motifs is 1. The lowest BCUT2D eigenvalue weighted by molar-refractivity contribution is 0.0957. The maximum atomic E-state index is 14.4. The van der Waals surface area contributed by atoms with Crippen LogP contribution in [-0.4, -0.2) is 22.0 Å². The molecule has 4 nitrogen and oxygen atoms in total. The molecule has 0 aliphatic heterocycles. The normalized spacial score (nSPS) is 11.2. The van der Waals surface area contributed by atoms with Crippen LogP contribution in [0, 0.1) is 5.82 Å². The minimum Gasteiger partial charge on any atom is -0.351 e. The molecular weight excluding hydrogens is 433 g/mol. The molecule has 0 aliphatic rings. The van der Waals surface area contributed by atoms with Gasteiger partial charge in [-0.15, -0.1) is 11.3 Å². The third kappa shape index (κ3) is 5.14. The van der Waals surface area contributed by atoms with E-state index >= 15 is 0 Å². The third-order valence-corrected chi connectivity index (χ3v) is 6.44. The number of carbonyl (C=O) groups excluding carboxylic acids is 1. The fourth-order valence-electron chi connectivity index (χ4n) is 3.62. The molecule has 0 spiro atoms. The van der Waals surface area contributed by atoms with Crippen molar-refractivity contribution in [2.24, 2.45) is 0 Å². The summed E-state index contributed by atoms with van der Waals surface area (Å²) in [6.45, 7) is 0.996. The molecule has 0 aliphatic carbocycles. The van der Waals surface area contributed by atoms with Crippen LogP contribution < -0.4 is 5.32 Å². The fraction of sp³-hybridized carbons (Fsp3) is 0.250. The number of nitrogens with one attached hydrogen (secondary N) is 1. The number of aromatic nitrogens is 2. The number of rotatable bonds is 9. The molecule has 0 unspecified atom stereocenters. The van der Waals surface area contributed by atoms with Crippen molar-refractivity contribution in [3.8, 4) is 0 Å². The van der Waals surface area contributed by atoms with Gasteiger partial charge in [0.15, 0.2) is 0 Å². The van der Waals surface area contributed by atoms with Gasteiger partial charge < -0.3 is 9.88 Å². The van der Waals surface area contributed by atoms with Gasteiger partial charge in [-0.2, -0.15) is 0 Å². The first-order chi connectivity index (χ1) is 15.1. The van der Waals surface area contributed by atoms with Gasteiger partial charge in [-0.1, -0.05) is 42.3 Å². The summed E-state index contributed by atoms with van der Waals surface area (Å²) in [6, 6.07) is 16.4. The topological polar surface area (TPSA) is 46.9 Å². The molecule has 160 valence electrons. The van der Waals surface area contributed by atoms with Crippen molar-refractivity contribution in [2.45, 2.75) is 32.2 Å². The smallest absolute Gasteiger partial charge is 0.261 e. The molecule has 4 rings (SSSR count). The summed E-state index contributed by atoms with van der Waals surface area (Å²) in [5.74, 6) is 0.597. The molecule has 2 aromatic heterocycles. The molecule has 1 amide bonds. The number of thiophene rings is 1. The Morgan fingerprint density at radius 1 is 1.06 bits per heavy atom. The molecule has 0 radical (unpaired) electrons. The highest BCUT2D eigenvalue weighted by Crippen LogP contribution is 2.24. The standard InChI is InChI=1S/C24H23ClFN3OS/c25-18-8-6-9-19(26)17(18)16-29-21-11-4-3-10-20(21)28-23(29)13-2-1-5-14-27-24(30)22-12-7-15-31-22/h3-4,6-12,15H,1-2,5,13-14,16H2,(H,27,30). The van der Waals surface area contributed by atoms with E-state index in [2.05, 4.69) is 9.88 Å². The number of nitrogens with zero attached hydrogens (tertiary/aromatic N) is 2. The number of halogens is 2. The number of carbonyl (C=O) groups is 1. The van der Waals surface area contributed by atoms with Crippen LogP contribution in [0.1, 0.15) is 40.3 Å². The maximum absolute atomic E-state index is 14.4. The van der Waals surface area contributed by atoms with E-state index in [9.17, 15) is 9.18 Å². The SMILES string of the molecule is O=C(NCCCCCc1nc2ccccc2n1Cc1c(F)cccc1Cl)c1cccs1. The number of hydrogen-bond acceptors (Lipinski definition) is 3. The molecule has 0 fully saturated rings. The Balaban J connectivity index is 1.38. The number of benzene rings is 2. The lowest BCUT2D eigenvalue weighted by Crippen LogP contribution is -2.23. The van der Waals surface area contributed by atoms with E-state index in [1.165, 1.54) is 17.4 Å². The lowest BCUT2D eigenvalue weighted by atomic mass is 10.1.